The van der Waals surface area contributed by atoms with E-state index in [4.69, 9.17) is 14.2 Å². The fourth-order valence-corrected chi connectivity index (χ4v) is 2.91. The van der Waals surface area contributed by atoms with Crippen LogP contribution in [0.4, 0.5) is 4.79 Å². The quantitative estimate of drug-likeness (QED) is 0.768. The summed E-state index contributed by atoms with van der Waals surface area (Å²) in [6.45, 7) is 13.7. The molecular formula is C17H32N2O5. The number of nitrogens with one attached hydrogen (secondary N) is 1. The SMILES string of the molecule is COC(=O)[C@H](CCN1CC(C)OC(C)(C)C1)NC(=O)OC(C)(C)C. The van der Waals surface area contributed by atoms with E-state index in [2.05, 4.69) is 10.2 Å². The highest BCUT2D eigenvalue weighted by Gasteiger charge is 2.32. The van der Waals surface area contributed by atoms with Crippen molar-refractivity contribution in [1.82, 2.24) is 10.2 Å². The minimum atomic E-state index is -0.730. The van der Waals surface area contributed by atoms with E-state index in [1.54, 1.807) is 20.8 Å². The van der Waals surface area contributed by atoms with Gasteiger partial charge in [-0.1, -0.05) is 0 Å². The van der Waals surface area contributed by atoms with Crippen LogP contribution in [0.3, 0.4) is 0 Å². The second-order valence-corrected chi connectivity index (χ2v) is 7.93. The third-order valence-electron chi connectivity index (χ3n) is 3.55. The first kappa shape index (κ1) is 20.7. The van der Waals surface area contributed by atoms with Crippen LogP contribution in [0.5, 0.6) is 0 Å². The Kier molecular flexibility index (Phi) is 7.04. The van der Waals surface area contributed by atoms with Crippen LogP contribution in [0, 0.1) is 0 Å². The summed E-state index contributed by atoms with van der Waals surface area (Å²) in [5.74, 6) is -0.471. The molecule has 0 aromatic rings. The van der Waals surface area contributed by atoms with E-state index < -0.39 is 23.7 Å². The molecule has 7 nitrogen and oxygen atoms in total. The van der Waals surface area contributed by atoms with Gasteiger partial charge in [-0.3, -0.25) is 4.90 Å². The third-order valence-corrected chi connectivity index (χ3v) is 3.55. The van der Waals surface area contributed by atoms with Gasteiger partial charge in [-0.15, -0.1) is 0 Å². The van der Waals surface area contributed by atoms with E-state index in [9.17, 15) is 9.59 Å². The molecule has 1 saturated heterocycles. The normalized spacial score (nSPS) is 22.5. The average molecular weight is 344 g/mol. The number of hydrogen-bond acceptors (Lipinski definition) is 6. The van der Waals surface area contributed by atoms with Crippen LogP contribution in [-0.4, -0.2) is 67.1 Å². The van der Waals surface area contributed by atoms with Gasteiger partial charge in [-0.05, 0) is 48.0 Å². The zero-order valence-electron chi connectivity index (χ0n) is 16.0. The van der Waals surface area contributed by atoms with Crippen molar-refractivity contribution in [3.63, 3.8) is 0 Å². The number of esters is 1. The van der Waals surface area contributed by atoms with Crippen molar-refractivity contribution in [2.45, 2.75) is 71.3 Å². The number of morpholine rings is 1. The highest BCUT2D eigenvalue weighted by atomic mass is 16.6. The molecule has 0 radical (unpaired) electrons. The molecule has 1 aliphatic heterocycles. The van der Waals surface area contributed by atoms with Crippen molar-refractivity contribution in [3.8, 4) is 0 Å². The van der Waals surface area contributed by atoms with Crippen molar-refractivity contribution >= 4 is 12.1 Å². The van der Waals surface area contributed by atoms with Crippen molar-refractivity contribution < 1.29 is 23.8 Å². The summed E-state index contributed by atoms with van der Waals surface area (Å²) in [6, 6.07) is -0.730. The highest BCUT2D eigenvalue weighted by molar-refractivity contribution is 5.81. The molecule has 0 spiro atoms. The van der Waals surface area contributed by atoms with Gasteiger partial charge in [-0.2, -0.15) is 0 Å². The van der Waals surface area contributed by atoms with Crippen LogP contribution in [-0.2, 0) is 19.0 Å². The summed E-state index contributed by atoms with van der Waals surface area (Å²) in [7, 11) is 1.31. The first-order valence-corrected chi connectivity index (χ1v) is 8.39. The van der Waals surface area contributed by atoms with Gasteiger partial charge >= 0.3 is 12.1 Å². The largest absolute Gasteiger partial charge is 0.467 e. The second-order valence-electron chi connectivity index (χ2n) is 7.93. The summed E-state index contributed by atoms with van der Waals surface area (Å²) in [5, 5.41) is 2.60. The van der Waals surface area contributed by atoms with Gasteiger partial charge in [0, 0.05) is 19.6 Å². The molecule has 1 amide bonds. The molecule has 1 heterocycles. The molecule has 1 N–H and O–H groups in total. The van der Waals surface area contributed by atoms with Gasteiger partial charge in [0.05, 0.1) is 18.8 Å². The van der Waals surface area contributed by atoms with Gasteiger partial charge < -0.3 is 19.5 Å². The molecular weight excluding hydrogens is 312 g/mol. The smallest absolute Gasteiger partial charge is 0.408 e. The number of carbonyl (C=O) groups excluding carboxylic acids is 2. The Bertz CT molecular complexity index is 445. The maximum absolute atomic E-state index is 11.9. The predicted octanol–water partition coefficient (Wildman–Crippen LogP) is 1.94. The molecule has 0 aromatic carbocycles. The second kappa shape index (κ2) is 8.16. The number of carbonyl (C=O) groups is 2. The fraction of sp³-hybridized carbons (Fsp3) is 0.882. The minimum absolute atomic E-state index is 0.129. The van der Waals surface area contributed by atoms with Crippen LogP contribution in [0.2, 0.25) is 0 Å². The summed E-state index contributed by atoms with van der Waals surface area (Å²) in [6.07, 6.45) is -0.0351. The number of amides is 1. The maximum atomic E-state index is 11.9. The first-order valence-electron chi connectivity index (χ1n) is 8.39. The molecule has 1 unspecified atom stereocenters. The molecule has 1 rings (SSSR count). The molecule has 7 heteroatoms. The van der Waals surface area contributed by atoms with Gasteiger partial charge in [0.15, 0.2) is 0 Å². The molecule has 0 saturated carbocycles. The van der Waals surface area contributed by atoms with Crippen LogP contribution >= 0.6 is 0 Å². The minimum Gasteiger partial charge on any atom is -0.467 e. The molecule has 1 fully saturated rings. The van der Waals surface area contributed by atoms with Crippen LogP contribution < -0.4 is 5.32 Å². The Morgan fingerprint density at radius 1 is 1.38 bits per heavy atom. The van der Waals surface area contributed by atoms with E-state index >= 15 is 0 Å². The fourth-order valence-electron chi connectivity index (χ4n) is 2.91. The van der Waals surface area contributed by atoms with Gasteiger partial charge in [0.1, 0.15) is 11.6 Å². The molecule has 1 aliphatic rings. The lowest BCUT2D eigenvalue weighted by molar-refractivity contribution is -0.144. The standard InChI is InChI=1S/C17H32N2O5/c1-12-10-19(11-17(5,6)23-12)9-8-13(14(20)22-7)18-15(21)24-16(2,3)4/h12-13H,8-11H2,1-7H3,(H,18,21)/t12?,13-/m0/s1. The summed E-state index contributed by atoms with van der Waals surface area (Å²) in [4.78, 5) is 26.1. The van der Waals surface area contributed by atoms with Crippen molar-refractivity contribution in [2.24, 2.45) is 0 Å². The Balaban J connectivity index is 2.60. The van der Waals surface area contributed by atoms with E-state index in [1.165, 1.54) is 7.11 Å². The van der Waals surface area contributed by atoms with E-state index in [0.717, 1.165) is 13.1 Å². The Hall–Kier alpha value is -1.34. The topological polar surface area (TPSA) is 77.1 Å². The summed E-state index contributed by atoms with van der Waals surface area (Å²) < 4.78 is 15.9. The number of ether oxygens (including phenoxy) is 3. The zero-order chi connectivity index (χ0) is 18.5. The molecule has 2 atom stereocenters. The first-order chi connectivity index (χ1) is 10.9. The Morgan fingerprint density at radius 3 is 2.50 bits per heavy atom. The zero-order valence-corrected chi connectivity index (χ0v) is 16.0. The maximum Gasteiger partial charge on any atom is 0.408 e. The van der Waals surface area contributed by atoms with E-state index in [0.29, 0.717) is 13.0 Å². The van der Waals surface area contributed by atoms with Crippen LogP contribution in [0.25, 0.3) is 0 Å². The van der Waals surface area contributed by atoms with Crippen molar-refractivity contribution in [3.05, 3.63) is 0 Å². The number of rotatable bonds is 5. The van der Waals surface area contributed by atoms with Gasteiger partial charge in [0.25, 0.3) is 0 Å². The molecule has 0 bridgehead atoms. The lowest BCUT2D eigenvalue weighted by Crippen LogP contribution is -2.53. The van der Waals surface area contributed by atoms with Crippen LogP contribution in [0.15, 0.2) is 0 Å². The lowest BCUT2D eigenvalue weighted by Gasteiger charge is -2.42. The molecule has 24 heavy (non-hydrogen) atoms. The summed E-state index contributed by atoms with van der Waals surface area (Å²) in [5.41, 5.74) is -0.842. The summed E-state index contributed by atoms with van der Waals surface area (Å²) >= 11 is 0. The average Bonchev–Trinajstić information content (AvgIpc) is 2.38. The number of hydrogen-bond donors (Lipinski definition) is 1. The van der Waals surface area contributed by atoms with Crippen molar-refractivity contribution in [2.75, 3.05) is 26.7 Å². The monoisotopic (exact) mass is 344 g/mol. The van der Waals surface area contributed by atoms with E-state index in [1.807, 2.05) is 20.8 Å². The Morgan fingerprint density at radius 2 is 2.00 bits per heavy atom. The number of alkyl carbamates (subject to hydrolysis) is 1. The predicted molar refractivity (Wildman–Crippen MR) is 90.9 cm³/mol. The van der Waals surface area contributed by atoms with Crippen molar-refractivity contribution in [1.29, 1.82) is 0 Å². The highest BCUT2D eigenvalue weighted by Crippen LogP contribution is 2.21. The van der Waals surface area contributed by atoms with Gasteiger partial charge in [-0.25, -0.2) is 9.59 Å². The van der Waals surface area contributed by atoms with E-state index in [-0.39, 0.29) is 11.7 Å². The third kappa shape index (κ3) is 7.49. The van der Waals surface area contributed by atoms with Gasteiger partial charge in [0.2, 0.25) is 0 Å². The lowest BCUT2D eigenvalue weighted by atomic mass is 10.0. The van der Waals surface area contributed by atoms with Crippen LogP contribution in [0.1, 0.15) is 48.0 Å². The number of methoxy groups -OCH3 is 1. The molecule has 140 valence electrons. The molecule has 0 aromatic heterocycles. The Labute approximate surface area is 145 Å². The molecule has 0 aliphatic carbocycles. The number of nitrogens with zero attached hydrogens (tertiary/aromatic N) is 1.